The van der Waals surface area contributed by atoms with E-state index in [-0.39, 0.29) is 5.41 Å². The van der Waals surface area contributed by atoms with Crippen LogP contribution in [0.4, 0.5) is 0 Å². The standard InChI is InChI=1S/C13H17O/c1-3-13(4-2,10-11-14)12-8-6-5-7-9-12/h5-9,11H,1,3-4,10H2,2H3. The van der Waals surface area contributed by atoms with Crippen LogP contribution in [0, 0.1) is 6.92 Å². The molecule has 1 nitrogen and oxygen atoms in total. The van der Waals surface area contributed by atoms with Crippen LogP contribution in [-0.2, 0) is 10.2 Å². The summed E-state index contributed by atoms with van der Waals surface area (Å²) in [6.07, 6.45) is 3.30. The highest BCUT2D eigenvalue weighted by Gasteiger charge is 2.27. The summed E-state index contributed by atoms with van der Waals surface area (Å²) in [5.74, 6) is 0. The lowest BCUT2D eigenvalue weighted by molar-refractivity contribution is -0.109. The second-order valence-electron chi connectivity index (χ2n) is 3.62. The molecule has 0 amide bonds. The Balaban J connectivity index is 3.03. The Labute approximate surface area is 86.1 Å². The molecule has 1 aromatic carbocycles. The normalized spacial score (nSPS) is 11.3. The zero-order chi connectivity index (χ0) is 10.4. The van der Waals surface area contributed by atoms with Crippen molar-refractivity contribution in [1.29, 1.82) is 0 Å². The van der Waals surface area contributed by atoms with Crippen LogP contribution in [-0.4, -0.2) is 6.29 Å². The molecule has 1 unspecified atom stereocenters. The van der Waals surface area contributed by atoms with Crippen LogP contribution in [0.2, 0.25) is 0 Å². The summed E-state index contributed by atoms with van der Waals surface area (Å²) in [5.41, 5.74) is 1.17. The van der Waals surface area contributed by atoms with Crippen LogP contribution in [0.25, 0.3) is 0 Å². The Morgan fingerprint density at radius 2 is 2.00 bits per heavy atom. The molecule has 0 aliphatic rings. The molecule has 14 heavy (non-hydrogen) atoms. The topological polar surface area (TPSA) is 17.1 Å². The van der Waals surface area contributed by atoms with Gasteiger partial charge in [0.2, 0.25) is 0 Å². The average molecular weight is 189 g/mol. The van der Waals surface area contributed by atoms with Gasteiger partial charge in [-0.15, -0.1) is 0 Å². The van der Waals surface area contributed by atoms with E-state index in [1.165, 1.54) is 5.56 Å². The molecule has 75 valence electrons. The molecule has 0 bridgehead atoms. The fourth-order valence-corrected chi connectivity index (χ4v) is 1.84. The van der Waals surface area contributed by atoms with Crippen molar-refractivity contribution < 1.29 is 4.79 Å². The van der Waals surface area contributed by atoms with Gasteiger partial charge in [-0.25, -0.2) is 0 Å². The Bertz CT molecular complexity index is 273. The van der Waals surface area contributed by atoms with E-state index in [4.69, 9.17) is 0 Å². The lowest BCUT2D eigenvalue weighted by Crippen LogP contribution is -2.24. The van der Waals surface area contributed by atoms with Crippen LogP contribution < -0.4 is 0 Å². The Kier molecular flexibility index (Phi) is 3.87. The molecule has 1 radical (unpaired) electrons. The fraction of sp³-hybridized carbons (Fsp3) is 0.385. The van der Waals surface area contributed by atoms with E-state index in [1.54, 1.807) is 0 Å². The van der Waals surface area contributed by atoms with Crippen molar-refractivity contribution in [2.24, 2.45) is 0 Å². The molecular weight excluding hydrogens is 172 g/mol. The van der Waals surface area contributed by atoms with E-state index in [2.05, 4.69) is 26.0 Å². The maximum Gasteiger partial charge on any atom is 0.120 e. The molecule has 0 aliphatic carbocycles. The first-order chi connectivity index (χ1) is 6.79. The predicted octanol–water partition coefficient (Wildman–Crippen LogP) is 3.15. The number of benzene rings is 1. The number of carbonyl (C=O) groups excluding carboxylic acids is 1. The first-order valence-corrected chi connectivity index (χ1v) is 5.07. The summed E-state index contributed by atoms with van der Waals surface area (Å²) < 4.78 is 0. The van der Waals surface area contributed by atoms with Crippen molar-refractivity contribution in [2.75, 3.05) is 0 Å². The number of carbonyl (C=O) groups is 1. The van der Waals surface area contributed by atoms with E-state index < -0.39 is 0 Å². The largest absolute Gasteiger partial charge is 0.303 e. The van der Waals surface area contributed by atoms with Crippen molar-refractivity contribution in [3.63, 3.8) is 0 Å². The van der Waals surface area contributed by atoms with Gasteiger partial charge < -0.3 is 4.79 Å². The Hall–Kier alpha value is -1.11. The third-order valence-corrected chi connectivity index (χ3v) is 3.02. The maximum absolute atomic E-state index is 10.7. The van der Waals surface area contributed by atoms with Gasteiger partial charge in [0.25, 0.3) is 0 Å². The zero-order valence-electron chi connectivity index (χ0n) is 8.70. The minimum Gasteiger partial charge on any atom is -0.303 e. The minimum absolute atomic E-state index is 0.0526. The van der Waals surface area contributed by atoms with Crippen molar-refractivity contribution in [3.8, 4) is 0 Å². The zero-order valence-corrected chi connectivity index (χ0v) is 8.70. The predicted molar refractivity (Wildman–Crippen MR) is 59.1 cm³/mol. The minimum atomic E-state index is -0.0526. The van der Waals surface area contributed by atoms with Crippen LogP contribution in [0.1, 0.15) is 31.7 Å². The second-order valence-corrected chi connectivity index (χ2v) is 3.62. The summed E-state index contributed by atoms with van der Waals surface area (Å²) >= 11 is 0. The van der Waals surface area contributed by atoms with Crippen LogP contribution >= 0.6 is 0 Å². The van der Waals surface area contributed by atoms with Gasteiger partial charge >= 0.3 is 0 Å². The smallest absolute Gasteiger partial charge is 0.120 e. The molecule has 0 heterocycles. The molecule has 1 aromatic rings. The first kappa shape index (κ1) is 11.0. The summed E-state index contributed by atoms with van der Waals surface area (Å²) in [6, 6.07) is 10.2. The molecule has 1 rings (SSSR count). The monoisotopic (exact) mass is 189 g/mol. The molecule has 0 spiro atoms. The average Bonchev–Trinajstić information content (AvgIpc) is 2.27. The lowest BCUT2D eigenvalue weighted by atomic mass is 9.74. The lowest BCUT2D eigenvalue weighted by Gasteiger charge is -2.30. The van der Waals surface area contributed by atoms with Gasteiger partial charge in [0.05, 0.1) is 0 Å². The molecule has 0 saturated heterocycles. The number of hydrogen-bond donors (Lipinski definition) is 0. The van der Waals surface area contributed by atoms with Gasteiger partial charge in [-0.05, 0) is 18.4 Å². The highest BCUT2D eigenvalue weighted by atomic mass is 16.1. The second kappa shape index (κ2) is 4.94. The summed E-state index contributed by atoms with van der Waals surface area (Å²) in [7, 11) is 0. The molecule has 0 saturated carbocycles. The fourth-order valence-electron chi connectivity index (χ4n) is 1.84. The van der Waals surface area contributed by atoms with Crippen molar-refractivity contribution in [3.05, 3.63) is 42.8 Å². The number of rotatable bonds is 5. The number of hydrogen-bond acceptors (Lipinski definition) is 1. The van der Waals surface area contributed by atoms with Crippen molar-refractivity contribution in [1.82, 2.24) is 0 Å². The van der Waals surface area contributed by atoms with Gasteiger partial charge in [0.15, 0.2) is 0 Å². The molecule has 1 heteroatoms. The van der Waals surface area contributed by atoms with E-state index in [9.17, 15) is 4.79 Å². The van der Waals surface area contributed by atoms with Gasteiger partial charge in [0, 0.05) is 11.8 Å². The van der Waals surface area contributed by atoms with Gasteiger partial charge in [-0.2, -0.15) is 0 Å². The third kappa shape index (κ3) is 2.03. The number of aldehydes is 1. The molecule has 0 aliphatic heterocycles. The Morgan fingerprint density at radius 3 is 2.43 bits per heavy atom. The van der Waals surface area contributed by atoms with Crippen LogP contribution in [0.5, 0.6) is 0 Å². The van der Waals surface area contributed by atoms with Gasteiger partial charge in [-0.3, -0.25) is 0 Å². The van der Waals surface area contributed by atoms with E-state index >= 15 is 0 Å². The van der Waals surface area contributed by atoms with Gasteiger partial charge in [0.1, 0.15) is 6.29 Å². The van der Waals surface area contributed by atoms with Crippen molar-refractivity contribution in [2.45, 2.75) is 31.6 Å². The van der Waals surface area contributed by atoms with E-state index in [0.717, 1.165) is 19.1 Å². The van der Waals surface area contributed by atoms with E-state index in [0.29, 0.717) is 6.42 Å². The summed E-state index contributed by atoms with van der Waals surface area (Å²) in [4.78, 5) is 10.7. The molecule has 0 aromatic heterocycles. The maximum atomic E-state index is 10.7. The Morgan fingerprint density at radius 1 is 1.36 bits per heavy atom. The summed E-state index contributed by atoms with van der Waals surface area (Å²) in [5, 5.41) is 0. The van der Waals surface area contributed by atoms with Crippen molar-refractivity contribution >= 4 is 6.29 Å². The quantitative estimate of drug-likeness (QED) is 0.650. The SMILES string of the molecule is [CH2]CC(CC)(CC=O)c1ccccc1. The van der Waals surface area contributed by atoms with Gasteiger partial charge in [-0.1, -0.05) is 44.2 Å². The molecule has 1 atom stereocenters. The highest BCUT2D eigenvalue weighted by molar-refractivity contribution is 5.53. The molecule has 0 fully saturated rings. The molecule has 0 N–H and O–H groups in total. The van der Waals surface area contributed by atoms with E-state index in [1.807, 2.05) is 18.2 Å². The first-order valence-electron chi connectivity index (χ1n) is 5.07. The van der Waals surface area contributed by atoms with Crippen LogP contribution in [0.3, 0.4) is 0 Å². The third-order valence-electron chi connectivity index (χ3n) is 3.02. The summed E-state index contributed by atoms with van der Waals surface area (Å²) in [6.45, 7) is 6.08. The van der Waals surface area contributed by atoms with Crippen LogP contribution in [0.15, 0.2) is 30.3 Å². The highest BCUT2D eigenvalue weighted by Crippen LogP contribution is 2.33. The molecular formula is C13H17O.